The van der Waals surface area contributed by atoms with Crippen molar-refractivity contribution in [3.8, 4) is 0 Å². The highest BCUT2D eigenvalue weighted by molar-refractivity contribution is 5.95. The molecular formula is C9H14N2O4. The molecule has 0 aromatic heterocycles. The maximum atomic E-state index is 11.3. The second kappa shape index (κ2) is 4.77. The highest BCUT2D eigenvalue weighted by Gasteiger charge is 2.30. The summed E-state index contributed by atoms with van der Waals surface area (Å²) in [6, 6.07) is -0.715. The van der Waals surface area contributed by atoms with Crippen LogP contribution >= 0.6 is 0 Å². The summed E-state index contributed by atoms with van der Waals surface area (Å²) in [4.78, 5) is 33.0. The molecule has 0 spiro atoms. The number of carbonyl (C=O) groups excluding carboxylic acids is 2. The standard InChI is InChI=1S/C9H14N2O4/c1-2-5(9(14)15)3-6-8(13)10-4-7(12)11-6/h5-6H,2-4H2,1H3,(H,10,13)(H,11,12)(H,14,15)/t5?,6-/m1/s1. The SMILES string of the molecule is CCC(C[C@H]1NC(=O)CNC1=O)C(=O)O. The van der Waals surface area contributed by atoms with Crippen LogP contribution in [0.3, 0.4) is 0 Å². The molecule has 1 saturated heterocycles. The van der Waals surface area contributed by atoms with E-state index in [2.05, 4.69) is 10.6 Å². The monoisotopic (exact) mass is 214 g/mol. The third-order valence-electron chi connectivity index (χ3n) is 2.44. The van der Waals surface area contributed by atoms with Crippen LogP contribution in [0.1, 0.15) is 19.8 Å². The van der Waals surface area contributed by atoms with Crippen LogP contribution in [-0.4, -0.2) is 35.5 Å². The second-order valence-electron chi connectivity index (χ2n) is 3.52. The van der Waals surface area contributed by atoms with Crippen LogP contribution in [0.2, 0.25) is 0 Å². The smallest absolute Gasteiger partial charge is 0.306 e. The van der Waals surface area contributed by atoms with Crippen LogP contribution in [0.15, 0.2) is 0 Å². The third-order valence-corrected chi connectivity index (χ3v) is 2.44. The van der Waals surface area contributed by atoms with E-state index >= 15 is 0 Å². The fraction of sp³-hybridized carbons (Fsp3) is 0.667. The number of rotatable bonds is 4. The number of carboxylic acids is 1. The lowest BCUT2D eigenvalue weighted by molar-refractivity contribution is -0.143. The lowest BCUT2D eigenvalue weighted by Gasteiger charge is -2.25. The van der Waals surface area contributed by atoms with Gasteiger partial charge in [0, 0.05) is 0 Å². The Bertz CT molecular complexity index is 290. The largest absolute Gasteiger partial charge is 0.481 e. The lowest BCUT2D eigenvalue weighted by atomic mass is 9.96. The highest BCUT2D eigenvalue weighted by Crippen LogP contribution is 2.12. The quantitative estimate of drug-likeness (QED) is 0.565. The van der Waals surface area contributed by atoms with Gasteiger partial charge in [-0.3, -0.25) is 14.4 Å². The number of aliphatic carboxylic acids is 1. The number of nitrogens with one attached hydrogen (secondary N) is 2. The first-order valence-corrected chi connectivity index (χ1v) is 4.84. The Kier molecular flexibility index (Phi) is 3.65. The zero-order chi connectivity index (χ0) is 11.4. The van der Waals surface area contributed by atoms with Crippen molar-refractivity contribution >= 4 is 17.8 Å². The summed E-state index contributed by atoms with van der Waals surface area (Å²) in [6.45, 7) is 1.71. The minimum absolute atomic E-state index is 0.0286. The summed E-state index contributed by atoms with van der Waals surface area (Å²) in [6.07, 6.45) is 0.582. The van der Waals surface area contributed by atoms with Crippen LogP contribution in [0.25, 0.3) is 0 Å². The van der Waals surface area contributed by atoms with Gasteiger partial charge in [-0.05, 0) is 12.8 Å². The zero-order valence-electron chi connectivity index (χ0n) is 8.45. The number of carbonyl (C=O) groups is 3. The molecule has 1 rings (SSSR count). The fourth-order valence-electron chi connectivity index (χ4n) is 1.49. The molecule has 0 aromatic carbocycles. The number of carboxylic acid groups (broad SMARTS) is 1. The molecule has 2 atom stereocenters. The lowest BCUT2D eigenvalue weighted by Crippen LogP contribution is -2.56. The maximum absolute atomic E-state index is 11.3. The van der Waals surface area contributed by atoms with Crippen molar-refractivity contribution in [1.29, 1.82) is 0 Å². The van der Waals surface area contributed by atoms with E-state index in [9.17, 15) is 14.4 Å². The average Bonchev–Trinajstić information content (AvgIpc) is 2.18. The zero-order valence-corrected chi connectivity index (χ0v) is 8.45. The van der Waals surface area contributed by atoms with Crippen molar-refractivity contribution in [1.82, 2.24) is 10.6 Å². The van der Waals surface area contributed by atoms with Gasteiger partial charge in [-0.25, -0.2) is 0 Å². The predicted octanol–water partition coefficient (Wildman–Crippen LogP) is -0.898. The van der Waals surface area contributed by atoms with E-state index in [0.29, 0.717) is 6.42 Å². The molecule has 2 amide bonds. The van der Waals surface area contributed by atoms with Gasteiger partial charge in [0.1, 0.15) is 6.04 Å². The Hall–Kier alpha value is -1.59. The highest BCUT2D eigenvalue weighted by atomic mass is 16.4. The van der Waals surface area contributed by atoms with Crippen LogP contribution in [0.5, 0.6) is 0 Å². The Morgan fingerprint density at radius 2 is 2.27 bits per heavy atom. The van der Waals surface area contributed by atoms with Crippen molar-refractivity contribution in [3.63, 3.8) is 0 Å². The summed E-state index contributed by atoms with van der Waals surface area (Å²) < 4.78 is 0. The van der Waals surface area contributed by atoms with E-state index in [1.54, 1.807) is 6.92 Å². The van der Waals surface area contributed by atoms with Crippen LogP contribution in [0, 0.1) is 5.92 Å². The van der Waals surface area contributed by atoms with Gasteiger partial charge < -0.3 is 15.7 Å². The second-order valence-corrected chi connectivity index (χ2v) is 3.52. The number of hydrogen-bond acceptors (Lipinski definition) is 3. The van der Waals surface area contributed by atoms with Gasteiger partial charge in [-0.1, -0.05) is 6.92 Å². The molecule has 84 valence electrons. The molecule has 6 heteroatoms. The Morgan fingerprint density at radius 1 is 1.60 bits per heavy atom. The van der Waals surface area contributed by atoms with E-state index in [0.717, 1.165) is 0 Å². The van der Waals surface area contributed by atoms with Gasteiger partial charge in [-0.2, -0.15) is 0 Å². The van der Waals surface area contributed by atoms with E-state index in [-0.39, 0.29) is 24.8 Å². The molecule has 0 radical (unpaired) electrons. The summed E-state index contributed by atoms with van der Waals surface area (Å²) in [7, 11) is 0. The van der Waals surface area contributed by atoms with Gasteiger partial charge >= 0.3 is 5.97 Å². The van der Waals surface area contributed by atoms with E-state index in [1.165, 1.54) is 0 Å². The average molecular weight is 214 g/mol. The van der Waals surface area contributed by atoms with Crippen molar-refractivity contribution in [3.05, 3.63) is 0 Å². The summed E-state index contributed by atoms with van der Waals surface area (Å²) in [5, 5.41) is 13.7. The van der Waals surface area contributed by atoms with Crippen molar-refractivity contribution in [2.45, 2.75) is 25.8 Å². The first-order valence-electron chi connectivity index (χ1n) is 4.84. The topological polar surface area (TPSA) is 95.5 Å². The number of hydrogen-bond donors (Lipinski definition) is 3. The van der Waals surface area contributed by atoms with E-state index < -0.39 is 17.9 Å². The fourth-order valence-corrected chi connectivity index (χ4v) is 1.49. The minimum atomic E-state index is -0.940. The van der Waals surface area contributed by atoms with Gasteiger partial charge in [0.2, 0.25) is 11.8 Å². The Balaban J connectivity index is 2.58. The van der Waals surface area contributed by atoms with Crippen molar-refractivity contribution in [2.75, 3.05) is 6.54 Å². The molecule has 3 N–H and O–H groups in total. The molecule has 1 aliphatic heterocycles. The molecule has 6 nitrogen and oxygen atoms in total. The van der Waals surface area contributed by atoms with Gasteiger partial charge in [0.15, 0.2) is 0 Å². The summed E-state index contributed by atoms with van der Waals surface area (Å²) >= 11 is 0. The molecule has 0 bridgehead atoms. The third kappa shape index (κ3) is 2.93. The molecular weight excluding hydrogens is 200 g/mol. The van der Waals surface area contributed by atoms with Crippen molar-refractivity contribution in [2.24, 2.45) is 5.92 Å². The molecule has 0 saturated carbocycles. The maximum Gasteiger partial charge on any atom is 0.306 e. The molecule has 1 fully saturated rings. The van der Waals surface area contributed by atoms with Crippen molar-refractivity contribution < 1.29 is 19.5 Å². The molecule has 1 aliphatic rings. The Labute approximate surface area is 87.0 Å². The van der Waals surface area contributed by atoms with Gasteiger partial charge in [0.05, 0.1) is 12.5 Å². The molecule has 0 aromatic rings. The molecule has 1 unspecified atom stereocenters. The van der Waals surface area contributed by atoms with E-state index in [4.69, 9.17) is 5.11 Å². The van der Waals surface area contributed by atoms with Gasteiger partial charge in [0.25, 0.3) is 0 Å². The Morgan fingerprint density at radius 3 is 2.80 bits per heavy atom. The molecule has 1 heterocycles. The predicted molar refractivity (Wildman–Crippen MR) is 51.0 cm³/mol. The van der Waals surface area contributed by atoms with Crippen LogP contribution in [0.4, 0.5) is 0 Å². The summed E-state index contributed by atoms with van der Waals surface area (Å²) in [5.41, 5.74) is 0. The first-order chi connectivity index (χ1) is 7.04. The van der Waals surface area contributed by atoms with Crippen LogP contribution < -0.4 is 10.6 Å². The van der Waals surface area contributed by atoms with Gasteiger partial charge in [-0.15, -0.1) is 0 Å². The molecule has 15 heavy (non-hydrogen) atoms. The minimum Gasteiger partial charge on any atom is -0.481 e. The first kappa shape index (κ1) is 11.5. The number of piperazine rings is 1. The number of amides is 2. The molecule has 0 aliphatic carbocycles. The normalized spacial score (nSPS) is 22.9. The summed E-state index contributed by atoms with van der Waals surface area (Å²) in [5.74, 6) is -2.13. The van der Waals surface area contributed by atoms with Crippen LogP contribution in [-0.2, 0) is 14.4 Å². The van der Waals surface area contributed by atoms with E-state index in [1.807, 2.05) is 0 Å².